The van der Waals surface area contributed by atoms with Crippen molar-refractivity contribution in [1.29, 1.82) is 0 Å². The van der Waals surface area contributed by atoms with Gasteiger partial charge in [-0.25, -0.2) is 4.79 Å². The van der Waals surface area contributed by atoms with Crippen LogP contribution in [0.1, 0.15) is 45.4 Å². The Labute approximate surface area is 123 Å². The lowest BCUT2D eigenvalue weighted by Crippen LogP contribution is -2.64. The van der Waals surface area contributed by atoms with Crippen LogP contribution in [-0.4, -0.2) is 41.7 Å². The third-order valence-electron chi connectivity index (χ3n) is 4.22. The summed E-state index contributed by atoms with van der Waals surface area (Å²) in [7, 11) is 0. The number of nitrogens with zero attached hydrogens (tertiary/aromatic N) is 1. The Kier molecular flexibility index (Phi) is 4.59. The fourth-order valence-corrected chi connectivity index (χ4v) is 3.05. The van der Waals surface area contributed by atoms with Crippen LogP contribution >= 0.6 is 0 Å². The zero-order valence-corrected chi connectivity index (χ0v) is 12.2. The molecule has 0 aromatic heterocycles. The molecule has 2 aliphatic rings. The minimum absolute atomic E-state index is 0.0826. The molecule has 0 bridgehead atoms. The van der Waals surface area contributed by atoms with Gasteiger partial charge in [0.1, 0.15) is 5.41 Å². The number of rotatable bonds is 3. The van der Waals surface area contributed by atoms with Crippen LogP contribution in [-0.2, 0) is 14.4 Å². The van der Waals surface area contributed by atoms with E-state index < -0.39 is 23.3 Å². The highest BCUT2D eigenvalue weighted by atomic mass is 16.2. The van der Waals surface area contributed by atoms with E-state index in [0.29, 0.717) is 12.8 Å². The summed E-state index contributed by atoms with van der Waals surface area (Å²) in [5.41, 5.74) is -1.10. The van der Waals surface area contributed by atoms with Gasteiger partial charge in [0.25, 0.3) is 0 Å². The summed E-state index contributed by atoms with van der Waals surface area (Å²) in [5.74, 6) is -1.10. The molecule has 2 rings (SSSR count). The number of hydrogen-bond acceptors (Lipinski definition) is 4. The molecule has 1 aliphatic carbocycles. The van der Waals surface area contributed by atoms with E-state index >= 15 is 0 Å². The van der Waals surface area contributed by atoms with Gasteiger partial charge in [0, 0.05) is 20.0 Å². The van der Waals surface area contributed by atoms with Crippen LogP contribution in [0.5, 0.6) is 0 Å². The van der Waals surface area contributed by atoms with Gasteiger partial charge in [-0.15, -0.1) is 0 Å². The van der Waals surface area contributed by atoms with Gasteiger partial charge in [-0.1, -0.05) is 25.7 Å². The van der Waals surface area contributed by atoms with Crippen molar-refractivity contribution < 1.29 is 19.2 Å². The van der Waals surface area contributed by atoms with Crippen molar-refractivity contribution in [2.75, 3.05) is 13.1 Å². The van der Waals surface area contributed by atoms with Crippen LogP contribution in [0, 0.1) is 5.41 Å². The first-order valence-electron chi connectivity index (χ1n) is 7.39. The number of hydrogen-bond donors (Lipinski definition) is 2. The predicted molar refractivity (Wildman–Crippen MR) is 74.1 cm³/mol. The van der Waals surface area contributed by atoms with E-state index in [1.54, 1.807) is 0 Å². The molecule has 7 nitrogen and oxygen atoms in total. The van der Waals surface area contributed by atoms with Crippen molar-refractivity contribution in [3.05, 3.63) is 0 Å². The second-order valence-electron chi connectivity index (χ2n) is 5.70. The standard InChI is InChI=1S/C14H21N3O4/c1-10(18)15-8-9-17-12(20)14(11(19)16-13(17)21)6-4-2-3-5-7-14/h2-9H2,1H3,(H,15,18)(H,16,19,21). The maximum Gasteiger partial charge on any atom is 0.330 e. The maximum absolute atomic E-state index is 12.7. The third-order valence-corrected chi connectivity index (χ3v) is 4.22. The summed E-state index contributed by atoms with van der Waals surface area (Å²) in [4.78, 5) is 48.7. The Morgan fingerprint density at radius 1 is 1.19 bits per heavy atom. The van der Waals surface area contributed by atoms with Crippen molar-refractivity contribution in [2.24, 2.45) is 5.41 Å². The van der Waals surface area contributed by atoms with Gasteiger partial charge in [-0.05, 0) is 12.8 Å². The molecule has 1 saturated carbocycles. The van der Waals surface area contributed by atoms with Crippen molar-refractivity contribution >= 4 is 23.8 Å². The highest BCUT2D eigenvalue weighted by Crippen LogP contribution is 2.38. The fourth-order valence-electron chi connectivity index (χ4n) is 3.05. The Morgan fingerprint density at radius 2 is 1.81 bits per heavy atom. The molecule has 2 N–H and O–H groups in total. The van der Waals surface area contributed by atoms with Crippen LogP contribution in [0.4, 0.5) is 4.79 Å². The molecule has 0 atom stereocenters. The number of carbonyl (C=O) groups is 4. The van der Waals surface area contributed by atoms with E-state index in [0.717, 1.165) is 30.6 Å². The molecule has 0 radical (unpaired) electrons. The molecule has 0 aromatic rings. The van der Waals surface area contributed by atoms with Crippen molar-refractivity contribution in [3.63, 3.8) is 0 Å². The van der Waals surface area contributed by atoms with Gasteiger partial charge >= 0.3 is 6.03 Å². The van der Waals surface area contributed by atoms with Crippen LogP contribution in [0.15, 0.2) is 0 Å². The van der Waals surface area contributed by atoms with Crippen LogP contribution < -0.4 is 10.6 Å². The first kappa shape index (κ1) is 15.5. The molecule has 0 aromatic carbocycles. The first-order chi connectivity index (χ1) is 9.97. The quantitative estimate of drug-likeness (QED) is 0.743. The molecular formula is C14H21N3O4. The molecule has 1 saturated heterocycles. The summed E-state index contributed by atoms with van der Waals surface area (Å²) in [5, 5.41) is 4.85. The normalized spacial score (nSPS) is 22.0. The molecule has 1 aliphatic heterocycles. The Morgan fingerprint density at radius 3 is 2.38 bits per heavy atom. The average Bonchev–Trinajstić information content (AvgIpc) is 2.67. The summed E-state index contributed by atoms with van der Waals surface area (Å²) < 4.78 is 0. The minimum atomic E-state index is -1.10. The number of imide groups is 2. The van der Waals surface area contributed by atoms with Gasteiger partial charge in [0.05, 0.1) is 0 Å². The van der Waals surface area contributed by atoms with Crippen molar-refractivity contribution in [1.82, 2.24) is 15.5 Å². The van der Waals surface area contributed by atoms with Gasteiger partial charge in [0.2, 0.25) is 17.7 Å². The molecule has 0 unspecified atom stereocenters. The Hall–Kier alpha value is -1.92. The fraction of sp³-hybridized carbons (Fsp3) is 0.714. The van der Waals surface area contributed by atoms with E-state index in [-0.39, 0.29) is 19.0 Å². The topological polar surface area (TPSA) is 95.6 Å². The Balaban J connectivity index is 2.14. The number of carbonyl (C=O) groups excluding carboxylic acids is 4. The number of amides is 5. The van der Waals surface area contributed by atoms with E-state index in [9.17, 15) is 19.2 Å². The lowest BCUT2D eigenvalue weighted by molar-refractivity contribution is -0.152. The molecule has 1 heterocycles. The Bertz CT molecular complexity index is 467. The second kappa shape index (κ2) is 6.24. The highest BCUT2D eigenvalue weighted by Gasteiger charge is 2.53. The molecule has 116 valence electrons. The van der Waals surface area contributed by atoms with Crippen LogP contribution in [0.3, 0.4) is 0 Å². The first-order valence-corrected chi connectivity index (χ1v) is 7.39. The van der Waals surface area contributed by atoms with Gasteiger partial charge in [-0.3, -0.25) is 24.6 Å². The summed E-state index contributed by atoms with van der Waals surface area (Å²) in [6, 6.07) is -0.690. The number of nitrogens with one attached hydrogen (secondary N) is 2. The lowest BCUT2D eigenvalue weighted by Gasteiger charge is -2.38. The molecule has 1 spiro atoms. The minimum Gasteiger partial charge on any atom is -0.355 e. The molecule has 21 heavy (non-hydrogen) atoms. The zero-order chi connectivity index (χ0) is 15.5. The zero-order valence-electron chi connectivity index (χ0n) is 12.2. The molecule has 7 heteroatoms. The third kappa shape index (κ3) is 3.06. The summed E-state index contributed by atoms with van der Waals surface area (Å²) >= 11 is 0. The second-order valence-corrected chi connectivity index (χ2v) is 5.70. The maximum atomic E-state index is 12.7. The lowest BCUT2D eigenvalue weighted by atomic mass is 9.77. The van der Waals surface area contributed by atoms with E-state index in [2.05, 4.69) is 10.6 Å². The molecule has 2 fully saturated rings. The number of urea groups is 1. The monoisotopic (exact) mass is 295 g/mol. The summed E-state index contributed by atoms with van der Waals surface area (Å²) in [6.45, 7) is 1.65. The molecule has 5 amide bonds. The van der Waals surface area contributed by atoms with Crippen LogP contribution in [0.2, 0.25) is 0 Å². The summed E-state index contributed by atoms with van der Waals surface area (Å²) in [6.07, 6.45) is 4.60. The van der Waals surface area contributed by atoms with Crippen LogP contribution in [0.25, 0.3) is 0 Å². The highest BCUT2D eigenvalue weighted by molar-refractivity contribution is 6.19. The number of barbiturate groups is 1. The largest absolute Gasteiger partial charge is 0.355 e. The van der Waals surface area contributed by atoms with Crippen molar-refractivity contribution in [3.8, 4) is 0 Å². The van der Waals surface area contributed by atoms with E-state index in [1.165, 1.54) is 6.92 Å². The molecular weight excluding hydrogens is 274 g/mol. The smallest absolute Gasteiger partial charge is 0.330 e. The van der Waals surface area contributed by atoms with Crippen molar-refractivity contribution in [2.45, 2.75) is 45.4 Å². The van der Waals surface area contributed by atoms with Gasteiger partial charge < -0.3 is 5.32 Å². The van der Waals surface area contributed by atoms with Gasteiger partial charge in [0.15, 0.2) is 0 Å². The van der Waals surface area contributed by atoms with E-state index in [1.807, 2.05) is 0 Å². The SMILES string of the molecule is CC(=O)NCCN1C(=O)NC(=O)C2(CCCCCC2)C1=O. The van der Waals surface area contributed by atoms with Gasteiger partial charge in [-0.2, -0.15) is 0 Å². The average molecular weight is 295 g/mol. The predicted octanol–water partition coefficient (Wildman–Crippen LogP) is 0.541. The van der Waals surface area contributed by atoms with E-state index in [4.69, 9.17) is 0 Å².